The van der Waals surface area contributed by atoms with E-state index in [4.69, 9.17) is 5.73 Å². The Morgan fingerprint density at radius 1 is 1.38 bits per heavy atom. The molecule has 1 aliphatic rings. The topological polar surface area (TPSA) is 50.9 Å². The summed E-state index contributed by atoms with van der Waals surface area (Å²) in [7, 11) is 0. The van der Waals surface area contributed by atoms with Gasteiger partial charge in [0.15, 0.2) is 0 Å². The van der Waals surface area contributed by atoms with Crippen molar-refractivity contribution in [3.63, 3.8) is 0 Å². The van der Waals surface area contributed by atoms with Crippen LogP contribution in [0.2, 0.25) is 0 Å². The maximum atomic E-state index is 5.40. The fraction of sp³-hybridized carbons (Fsp3) is 0.500. The van der Waals surface area contributed by atoms with Gasteiger partial charge in [-0.3, -0.25) is 0 Å². The summed E-state index contributed by atoms with van der Waals surface area (Å²) in [5, 5.41) is 3.19. The molecule has 1 heterocycles. The molecule has 3 N–H and O–H groups in total. The van der Waals surface area contributed by atoms with Crippen molar-refractivity contribution in [2.75, 3.05) is 18.4 Å². The van der Waals surface area contributed by atoms with Crippen LogP contribution >= 0.6 is 0 Å². The maximum absolute atomic E-state index is 5.40. The van der Waals surface area contributed by atoms with Crippen LogP contribution in [0.4, 0.5) is 5.82 Å². The van der Waals surface area contributed by atoms with Gasteiger partial charge in [-0.15, -0.1) is 0 Å². The number of pyridine rings is 1. The van der Waals surface area contributed by atoms with Crippen molar-refractivity contribution >= 4 is 5.82 Å². The van der Waals surface area contributed by atoms with E-state index in [1.54, 1.807) is 0 Å². The zero-order valence-corrected chi connectivity index (χ0v) is 7.71. The lowest BCUT2D eigenvalue weighted by Gasteiger charge is -2.05. The number of rotatable bonds is 3. The number of fused-ring (bicyclic) bond motifs is 1. The molecule has 0 saturated carbocycles. The fourth-order valence-corrected chi connectivity index (χ4v) is 1.75. The summed E-state index contributed by atoms with van der Waals surface area (Å²) in [6, 6.07) is 2.15. The first-order valence-corrected chi connectivity index (χ1v) is 4.82. The Morgan fingerprint density at radius 3 is 3.08 bits per heavy atom. The standard InChI is InChI=1S/C10H15N3/c11-4-5-12-10-6-8-2-1-3-9(8)7-13-10/h6-7H,1-5,11H2,(H,12,13). The molecule has 1 aromatic heterocycles. The number of hydrogen-bond acceptors (Lipinski definition) is 3. The minimum absolute atomic E-state index is 0.652. The molecule has 0 saturated heterocycles. The largest absolute Gasteiger partial charge is 0.369 e. The Hall–Kier alpha value is -1.09. The minimum atomic E-state index is 0.652. The monoisotopic (exact) mass is 177 g/mol. The molecule has 0 amide bonds. The number of nitrogens with two attached hydrogens (primary N) is 1. The van der Waals surface area contributed by atoms with Gasteiger partial charge in [-0.05, 0) is 36.5 Å². The molecule has 0 radical (unpaired) electrons. The summed E-state index contributed by atoms with van der Waals surface area (Å²) in [6.07, 6.45) is 5.66. The van der Waals surface area contributed by atoms with Crippen molar-refractivity contribution in [3.05, 3.63) is 23.4 Å². The number of nitrogens with one attached hydrogen (secondary N) is 1. The van der Waals surface area contributed by atoms with Crippen molar-refractivity contribution in [1.82, 2.24) is 4.98 Å². The summed E-state index contributed by atoms with van der Waals surface area (Å²) in [5.74, 6) is 0.964. The highest BCUT2D eigenvalue weighted by Crippen LogP contribution is 2.22. The van der Waals surface area contributed by atoms with Crippen LogP contribution in [0.1, 0.15) is 17.5 Å². The third-order valence-corrected chi connectivity index (χ3v) is 2.43. The van der Waals surface area contributed by atoms with Crippen LogP contribution in [0, 0.1) is 0 Å². The van der Waals surface area contributed by atoms with Gasteiger partial charge in [-0.1, -0.05) is 0 Å². The molecule has 0 aliphatic heterocycles. The van der Waals surface area contributed by atoms with Gasteiger partial charge in [-0.2, -0.15) is 0 Å². The Bertz CT molecular complexity index is 296. The minimum Gasteiger partial charge on any atom is -0.369 e. The smallest absolute Gasteiger partial charge is 0.126 e. The lowest BCUT2D eigenvalue weighted by atomic mass is 10.2. The van der Waals surface area contributed by atoms with Crippen LogP contribution < -0.4 is 11.1 Å². The zero-order valence-electron chi connectivity index (χ0n) is 7.71. The summed E-state index contributed by atoms with van der Waals surface area (Å²) in [5.41, 5.74) is 8.27. The fourth-order valence-electron chi connectivity index (χ4n) is 1.75. The van der Waals surface area contributed by atoms with E-state index in [1.807, 2.05) is 6.20 Å². The van der Waals surface area contributed by atoms with E-state index in [1.165, 1.54) is 30.4 Å². The highest BCUT2D eigenvalue weighted by Gasteiger charge is 2.10. The van der Waals surface area contributed by atoms with Crippen molar-refractivity contribution in [1.29, 1.82) is 0 Å². The summed E-state index contributed by atoms with van der Waals surface area (Å²) in [4.78, 5) is 4.32. The number of aromatic nitrogens is 1. The van der Waals surface area contributed by atoms with E-state index in [0.29, 0.717) is 6.54 Å². The predicted octanol–water partition coefficient (Wildman–Crippen LogP) is 0.941. The van der Waals surface area contributed by atoms with Gasteiger partial charge in [0.1, 0.15) is 5.82 Å². The first-order valence-electron chi connectivity index (χ1n) is 4.82. The average molecular weight is 177 g/mol. The molecule has 0 atom stereocenters. The molecule has 2 rings (SSSR count). The molecular formula is C10H15N3. The first kappa shape index (κ1) is 8.51. The van der Waals surface area contributed by atoms with Crippen molar-refractivity contribution in [3.8, 4) is 0 Å². The summed E-state index contributed by atoms with van der Waals surface area (Å²) >= 11 is 0. The Balaban J connectivity index is 2.12. The molecule has 3 heteroatoms. The van der Waals surface area contributed by atoms with E-state index in [0.717, 1.165) is 12.4 Å². The number of aryl methyl sites for hydroxylation is 2. The molecule has 0 fully saturated rings. The molecule has 13 heavy (non-hydrogen) atoms. The third kappa shape index (κ3) is 1.80. The van der Waals surface area contributed by atoms with Crippen molar-refractivity contribution < 1.29 is 0 Å². The SMILES string of the molecule is NCCNc1cc2c(cn1)CCC2. The second-order valence-corrected chi connectivity index (χ2v) is 3.41. The van der Waals surface area contributed by atoms with E-state index < -0.39 is 0 Å². The average Bonchev–Trinajstić information content (AvgIpc) is 2.61. The molecular weight excluding hydrogens is 162 g/mol. The number of hydrogen-bond donors (Lipinski definition) is 2. The second-order valence-electron chi connectivity index (χ2n) is 3.41. The van der Waals surface area contributed by atoms with Gasteiger partial charge in [0.25, 0.3) is 0 Å². The van der Waals surface area contributed by atoms with Crippen LogP contribution in [-0.2, 0) is 12.8 Å². The van der Waals surface area contributed by atoms with Crippen LogP contribution in [-0.4, -0.2) is 18.1 Å². The quantitative estimate of drug-likeness (QED) is 0.722. The van der Waals surface area contributed by atoms with Crippen LogP contribution in [0.15, 0.2) is 12.3 Å². The molecule has 0 spiro atoms. The number of nitrogens with zero attached hydrogens (tertiary/aromatic N) is 1. The highest BCUT2D eigenvalue weighted by atomic mass is 15.0. The number of anilines is 1. The van der Waals surface area contributed by atoms with E-state index in [2.05, 4.69) is 16.4 Å². The van der Waals surface area contributed by atoms with Crippen molar-refractivity contribution in [2.24, 2.45) is 5.73 Å². The highest BCUT2D eigenvalue weighted by molar-refractivity contribution is 5.42. The van der Waals surface area contributed by atoms with Gasteiger partial charge >= 0.3 is 0 Å². The summed E-state index contributed by atoms with van der Waals surface area (Å²) in [6.45, 7) is 1.45. The molecule has 1 aromatic rings. The van der Waals surface area contributed by atoms with Crippen LogP contribution in [0.25, 0.3) is 0 Å². The lowest BCUT2D eigenvalue weighted by molar-refractivity contribution is 0.911. The molecule has 0 unspecified atom stereocenters. The molecule has 1 aliphatic carbocycles. The molecule has 0 aromatic carbocycles. The van der Waals surface area contributed by atoms with Crippen molar-refractivity contribution in [2.45, 2.75) is 19.3 Å². The predicted molar refractivity (Wildman–Crippen MR) is 53.8 cm³/mol. The molecule has 3 nitrogen and oxygen atoms in total. The Morgan fingerprint density at radius 2 is 2.23 bits per heavy atom. The van der Waals surface area contributed by atoms with Gasteiger partial charge in [0.2, 0.25) is 0 Å². The second kappa shape index (κ2) is 3.75. The third-order valence-electron chi connectivity index (χ3n) is 2.43. The van der Waals surface area contributed by atoms with Gasteiger partial charge in [0.05, 0.1) is 0 Å². The van der Waals surface area contributed by atoms with Gasteiger partial charge in [-0.25, -0.2) is 4.98 Å². The van der Waals surface area contributed by atoms with E-state index >= 15 is 0 Å². The zero-order chi connectivity index (χ0) is 9.10. The summed E-state index contributed by atoms with van der Waals surface area (Å²) < 4.78 is 0. The Kier molecular flexibility index (Phi) is 2.45. The lowest BCUT2D eigenvalue weighted by Crippen LogP contribution is -2.13. The van der Waals surface area contributed by atoms with Gasteiger partial charge in [0, 0.05) is 19.3 Å². The van der Waals surface area contributed by atoms with E-state index in [9.17, 15) is 0 Å². The Labute approximate surface area is 78.4 Å². The first-order chi connectivity index (χ1) is 6.40. The van der Waals surface area contributed by atoms with Gasteiger partial charge < -0.3 is 11.1 Å². The normalized spacial score (nSPS) is 14.2. The van der Waals surface area contributed by atoms with Crippen LogP contribution in [0.5, 0.6) is 0 Å². The molecule has 70 valence electrons. The van der Waals surface area contributed by atoms with Crippen LogP contribution in [0.3, 0.4) is 0 Å². The van der Waals surface area contributed by atoms with E-state index in [-0.39, 0.29) is 0 Å². The molecule has 0 bridgehead atoms. The maximum Gasteiger partial charge on any atom is 0.126 e.